The summed E-state index contributed by atoms with van der Waals surface area (Å²) < 4.78 is 0. The van der Waals surface area contributed by atoms with Crippen molar-refractivity contribution in [3.05, 3.63) is 35.9 Å². The van der Waals surface area contributed by atoms with Crippen molar-refractivity contribution in [1.82, 2.24) is 5.32 Å². The van der Waals surface area contributed by atoms with E-state index >= 15 is 0 Å². The summed E-state index contributed by atoms with van der Waals surface area (Å²) in [5.74, 6) is -1.10. The molecule has 0 saturated heterocycles. The van der Waals surface area contributed by atoms with E-state index in [9.17, 15) is 9.59 Å². The number of carboxylic acids is 1. The predicted octanol–water partition coefficient (Wildman–Crippen LogP) is 0.967. The largest absolute Gasteiger partial charge is 0.478 e. The van der Waals surface area contributed by atoms with Gasteiger partial charge in [-0.1, -0.05) is 18.2 Å². The van der Waals surface area contributed by atoms with Crippen molar-refractivity contribution in [1.29, 1.82) is 0 Å². The quantitative estimate of drug-likeness (QED) is 0.762. The van der Waals surface area contributed by atoms with E-state index in [0.29, 0.717) is 0 Å². The number of hydrogen-bond donors (Lipinski definition) is 2. The van der Waals surface area contributed by atoms with E-state index in [0.717, 1.165) is 17.3 Å². The van der Waals surface area contributed by atoms with E-state index in [1.54, 1.807) is 25.1 Å². The molecule has 1 amide bonds. The average molecular weight is 248 g/mol. The molecule has 0 aliphatic carbocycles. The number of amides is 1. The second-order valence-electron chi connectivity index (χ2n) is 3.76. The maximum atomic E-state index is 11.3. The molecular formula is C13H16N2O3. The van der Waals surface area contributed by atoms with Crippen molar-refractivity contribution in [2.45, 2.75) is 0 Å². The third-order valence-corrected chi connectivity index (χ3v) is 2.41. The van der Waals surface area contributed by atoms with Gasteiger partial charge < -0.3 is 15.3 Å². The fourth-order valence-electron chi connectivity index (χ4n) is 1.52. The minimum atomic E-state index is -1.00. The summed E-state index contributed by atoms with van der Waals surface area (Å²) in [6.45, 7) is 0.217. The lowest BCUT2D eigenvalue weighted by atomic mass is 10.1. The number of nitrogens with one attached hydrogen (secondary N) is 1. The Balaban J connectivity index is 2.94. The van der Waals surface area contributed by atoms with Gasteiger partial charge in [-0.05, 0) is 17.7 Å². The minimum Gasteiger partial charge on any atom is -0.478 e. The monoisotopic (exact) mass is 248 g/mol. The van der Waals surface area contributed by atoms with Crippen LogP contribution >= 0.6 is 0 Å². The molecule has 0 spiro atoms. The van der Waals surface area contributed by atoms with Gasteiger partial charge in [0.25, 0.3) is 0 Å². The zero-order chi connectivity index (χ0) is 13.5. The number of carboxylic acid groups (broad SMARTS) is 1. The number of aliphatic carboxylic acids is 1. The second kappa shape index (κ2) is 6.44. The third kappa shape index (κ3) is 3.93. The van der Waals surface area contributed by atoms with Crippen LogP contribution in [0.25, 0.3) is 6.08 Å². The number of benzene rings is 1. The van der Waals surface area contributed by atoms with Gasteiger partial charge in [-0.3, -0.25) is 4.79 Å². The van der Waals surface area contributed by atoms with E-state index in [-0.39, 0.29) is 12.5 Å². The highest BCUT2D eigenvalue weighted by Gasteiger charge is 2.08. The molecule has 2 N–H and O–H groups in total. The Hall–Kier alpha value is -2.30. The molecular weight excluding hydrogens is 232 g/mol. The molecule has 0 aliphatic rings. The van der Waals surface area contributed by atoms with Crippen molar-refractivity contribution >= 4 is 23.6 Å². The summed E-state index contributed by atoms with van der Waals surface area (Å²) >= 11 is 0. The number of carbonyl (C=O) groups excluding carboxylic acids is 1. The fraction of sp³-hybridized carbons (Fsp3) is 0.231. The van der Waals surface area contributed by atoms with Gasteiger partial charge in [0, 0.05) is 25.9 Å². The first-order valence-electron chi connectivity index (χ1n) is 5.46. The maximum absolute atomic E-state index is 11.3. The third-order valence-electron chi connectivity index (χ3n) is 2.41. The van der Waals surface area contributed by atoms with Crippen LogP contribution in [0.5, 0.6) is 0 Å². The topological polar surface area (TPSA) is 69.6 Å². The lowest BCUT2D eigenvalue weighted by Gasteiger charge is -2.20. The van der Waals surface area contributed by atoms with Crippen molar-refractivity contribution in [2.24, 2.45) is 0 Å². The van der Waals surface area contributed by atoms with Crippen LogP contribution in [0.4, 0.5) is 5.69 Å². The van der Waals surface area contributed by atoms with E-state index in [4.69, 9.17) is 5.11 Å². The van der Waals surface area contributed by atoms with E-state index in [2.05, 4.69) is 5.32 Å². The summed E-state index contributed by atoms with van der Waals surface area (Å²) in [7, 11) is 3.36. The molecule has 18 heavy (non-hydrogen) atoms. The molecule has 0 aromatic heterocycles. The summed E-state index contributed by atoms with van der Waals surface area (Å²) in [5.41, 5.74) is 1.56. The molecule has 0 aliphatic heterocycles. The van der Waals surface area contributed by atoms with Crippen LogP contribution in [0.15, 0.2) is 30.3 Å². The van der Waals surface area contributed by atoms with Crippen molar-refractivity contribution in [2.75, 3.05) is 25.5 Å². The summed E-state index contributed by atoms with van der Waals surface area (Å²) in [5, 5.41) is 11.2. The van der Waals surface area contributed by atoms with Gasteiger partial charge in [-0.2, -0.15) is 0 Å². The van der Waals surface area contributed by atoms with Crippen molar-refractivity contribution < 1.29 is 14.7 Å². The zero-order valence-corrected chi connectivity index (χ0v) is 10.4. The fourth-order valence-corrected chi connectivity index (χ4v) is 1.52. The van der Waals surface area contributed by atoms with Crippen LogP contribution < -0.4 is 10.2 Å². The van der Waals surface area contributed by atoms with Crippen LogP contribution in [-0.2, 0) is 9.59 Å². The van der Waals surface area contributed by atoms with Crippen molar-refractivity contribution in [3.8, 4) is 0 Å². The van der Waals surface area contributed by atoms with E-state index in [1.807, 2.05) is 18.2 Å². The number of hydrogen-bond acceptors (Lipinski definition) is 3. The Morgan fingerprint density at radius 3 is 2.67 bits per heavy atom. The molecule has 1 aromatic carbocycles. The lowest BCUT2D eigenvalue weighted by molar-refractivity contribution is -0.131. The van der Waals surface area contributed by atoms with Crippen LogP contribution in [0, 0.1) is 0 Å². The summed E-state index contributed by atoms with van der Waals surface area (Å²) in [6.07, 6.45) is 2.59. The van der Waals surface area contributed by atoms with Gasteiger partial charge in [0.15, 0.2) is 0 Å². The molecule has 5 heteroatoms. The van der Waals surface area contributed by atoms with Gasteiger partial charge in [0.2, 0.25) is 5.91 Å². The number of carbonyl (C=O) groups is 2. The highest BCUT2D eigenvalue weighted by Crippen LogP contribution is 2.20. The predicted molar refractivity (Wildman–Crippen MR) is 70.4 cm³/mol. The van der Waals surface area contributed by atoms with E-state index < -0.39 is 5.97 Å². The first-order chi connectivity index (χ1) is 8.54. The van der Waals surface area contributed by atoms with Gasteiger partial charge in [-0.25, -0.2) is 4.79 Å². The molecule has 5 nitrogen and oxygen atoms in total. The van der Waals surface area contributed by atoms with Crippen LogP contribution in [-0.4, -0.2) is 37.6 Å². The Morgan fingerprint density at radius 2 is 2.06 bits per heavy atom. The molecule has 0 saturated carbocycles. The molecule has 1 aromatic rings. The molecule has 0 fully saturated rings. The SMILES string of the molecule is CNC(=O)CN(C)c1ccccc1/C=C/C(=O)O. The Kier molecular flexibility index (Phi) is 4.92. The number of para-hydroxylation sites is 1. The highest BCUT2D eigenvalue weighted by atomic mass is 16.4. The summed E-state index contributed by atoms with van der Waals surface area (Å²) in [4.78, 5) is 23.6. The van der Waals surface area contributed by atoms with Crippen LogP contribution in [0.3, 0.4) is 0 Å². The normalized spacial score (nSPS) is 10.3. The summed E-state index contributed by atoms with van der Waals surface area (Å²) in [6, 6.07) is 7.30. The maximum Gasteiger partial charge on any atom is 0.328 e. The van der Waals surface area contributed by atoms with Gasteiger partial charge in [0.05, 0.1) is 6.54 Å². The number of likely N-dealkylation sites (N-methyl/N-ethyl adjacent to an activating group) is 2. The van der Waals surface area contributed by atoms with Gasteiger partial charge >= 0.3 is 5.97 Å². The number of anilines is 1. The van der Waals surface area contributed by atoms with Crippen molar-refractivity contribution in [3.63, 3.8) is 0 Å². The highest BCUT2D eigenvalue weighted by molar-refractivity contribution is 5.87. The molecule has 96 valence electrons. The van der Waals surface area contributed by atoms with Gasteiger partial charge in [-0.15, -0.1) is 0 Å². The van der Waals surface area contributed by atoms with Crippen LogP contribution in [0.2, 0.25) is 0 Å². The Bertz CT molecular complexity index is 469. The lowest BCUT2D eigenvalue weighted by Crippen LogP contribution is -2.33. The number of rotatable bonds is 5. The smallest absolute Gasteiger partial charge is 0.328 e. The Morgan fingerprint density at radius 1 is 1.39 bits per heavy atom. The first kappa shape index (κ1) is 13.8. The zero-order valence-electron chi connectivity index (χ0n) is 10.4. The molecule has 0 heterocycles. The standard InChI is InChI=1S/C13H16N2O3/c1-14-12(16)9-15(2)11-6-4-3-5-10(11)7-8-13(17)18/h3-8H,9H2,1-2H3,(H,14,16)(H,17,18)/b8-7+. The van der Waals surface area contributed by atoms with Gasteiger partial charge in [0.1, 0.15) is 0 Å². The molecule has 1 rings (SSSR count). The molecule has 0 bridgehead atoms. The Labute approximate surface area is 106 Å². The average Bonchev–Trinajstić information content (AvgIpc) is 2.36. The second-order valence-corrected chi connectivity index (χ2v) is 3.76. The molecule has 0 unspecified atom stereocenters. The first-order valence-corrected chi connectivity index (χ1v) is 5.46. The molecule has 0 atom stereocenters. The number of nitrogens with zero attached hydrogens (tertiary/aromatic N) is 1. The molecule has 0 radical (unpaired) electrons. The minimum absolute atomic E-state index is 0.102. The van der Waals surface area contributed by atoms with E-state index in [1.165, 1.54) is 6.08 Å². The van der Waals surface area contributed by atoms with Crippen LogP contribution in [0.1, 0.15) is 5.56 Å².